The lowest BCUT2D eigenvalue weighted by atomic mass is 9.82. The van der Waals surface area contributed by atoms with E-state index in [1.807, 2.05) is 0 Å². The van der Waals surface area contributed by atoms with Crippen LogP contribution in [-0.4, -0.2) is 4.57 Å². The molecule has 0 saturated carbocycles. The molecule has 0 saturated heterocycles. The summed E-state index contributed by atoms with van der Waals surface area (Å²) in [4.78, 5) is 0. The molecule has 0 amide bonds. The molecule has 0 radical (unpaired) electrons. The van der Waals surface area contributed by atoms with E-state index < -0.39 is 0 Å². The smallest absolute Gasteiger partial charge is 0.139 e. The van der Waals surface area contributed by atoms with Crippen molar-refractivity contribution in [1.82, 2.24) is 4.57 Å². The Balaban J connectivity index is 1.60. The van der Waals surface area contributed by atoms with Gasteiger partial charge in [0, 0.05) is 32.8 Å². The first-order valence-corrected chi connectivity index (χ1v) is 14.2. The van der Waals surface area contributed by atoms with E-state index in [2.05, 4.69) is 149 Å². The highest BCUT2D eigenvalue weighted by molar-refractivity contribution is 6.12. The van der Waals surface area contributed by atoms with Gasteiger partial charge < -0.3 is 8.98 Å². The molecule has 0 bridgehead atoms. The molecule has 0 unspecified atom stereocenters. The Morgan fingerprint density at radius 3 is 1.98 bits per heavy atom. The number of aromatic nitrogens is 1. The Morgan fingerprint density at radius 1 is 0.525 bits per heavy atom. The third-order valence-corrected chi connectivity index (χ3v) is 8.24. The molecule has 0 atom stereocenters. The highest BCUT2D eigenvalue weighted by Crippen LogP contribution is 2.43. The van der Waals surface area contributed by atoms with Gasteiger partial charge in [-0.1, -0.05) is 108 Å². The van der Waals surface area contributed by atoms with Crippen LogP contribution in [0.3, 0.4) is 0 Å². The lowest BCUT2D eigenvalue weighted by molar-refractivity contribution is 0.571. The number of benzene rings is 5. The van der Waals surface area contributed by atoms with Crippen LogP contribution in [-0.2, 0) is 10.8 Å². The molecule has 2 aromatic heterocycles. The van der Waals surface area contributed by atoms with E-state index in [-0.39, 0.29) is 10.8 Å². The summed E-state index contributed by atoms with van der Waals surface area (Å²) in [6.07, 6.45) is 0. The van der Waals surface area contributed by atoms with Crippen LogP contribution in [0.1, 0.15) is 52.7 Å². The van der Waals surface area contributed by atoms with Crippen LogP contribution in [0.5, 0.6) is 0 Å². The SMILES string of the molecule is CC(C)(C)c1cc(-n2c3ccccc3c3cc(-c4ccccc4)ccc32)cc2c1oc1cccc(C(C)(C)C)c12. The van der Waals surface area contributed by atoms with Crippen LogP contribution < -0.4 is 0 Å². The molecule has 2 nitrogen and oxygen atoms in total. The molecule has 0 fully saturated rings. The zero-order chi connectivity index (χ0) is 27.8. The topological polar surface area (TPSA) is 18.1 Å². The summed E-state index contributed by atoms with van der Waals surface area (Å²) >= 11 is 0. The molecule has 0 aliphatic rings. The Morgan fingerprint density at radius 2 is 1.23 bits per heavy atom. The summed E-state index contributed by atoms with van der Waals surface area (Å²) in [5, 5.41) is 4.95. The van der Waals surface area contributed by atoms with Crippen LogP contribution in [0.15, 0.2) is 108 Å². The van der Waals surface area contributed by atoms with Crippen molar-refractivity contribution in [1.29, 1.82) is 0 Å². The van der Waals surface area contributed by atoms with Crippen LogP contribution >= 0.6 is 0 Å². The van der Waals surface area contributed by atoms with Crippen LogP contribution in [0, 0.1) is 0 Å². The molecule has 2 heterocycles. The van der Waals surface area contributed by atoms with Crippen molar-refractivity contribution >= 4 is 43.7 Å². The zero-order valence-electron chi connectivity index (χ0n) is 24.2. The lowest BCUT2D eigenvalue weighted by Gasteiger charge is -2.22. The van der Waals surface area contributed by atoms with Gasteiger partial charge in [-0.3, -0.25) is 0 Å². The minimum atomic E-state index is -0.0940. The van der Waals surface area contributed by atoms with E-state index in [1.165, 1.54) is 60.5 Å². The Hall–Kier alpha value is -4.30. The standard InChI is InChI=1S/C38H35NO/c1-37(2,3)30-16-12-18-34-35(30)29-22-26(23-31(36(29)40-34)38(4,5)6)39-32-17-11-10-15-27(32)28-21-25(19-20-33(28)39)24-13-8-7-9-14-24/h7-23H,1-6H3. The van der Waals surface area contributed by atoms with E-state index in [1.54, 1.807) is 0 Å². The third kappa shape index (κ3) is 3.78. The van der Waals surface area contributed by atoms with Crippen LogP contribution in [0.2, 0.25) is 0 Å². The van der Waals surface area contributed by atoms with Gasteiger partial charge in [-0.05, 0) is 63.9 Å². The van der Waals surface area contributed by atoms with Crippen LogP contribution in [0.4, 0.5) is 0 Å². The van der Waals surface area contributed by atoms with Gasteiger partial charge in [0.05, 0.1) is 11.0 Å². The molecule has 0 N–H and O–H groups in total. The minimum absolute atomic E-state index is 0.00506. The van der Waals surface area contributed by atoms with Gasteiger partial charge in [0.25, 0.3) is 0 Å². The van der Waals surface area contributed by atoms with Gasteiger partial charge in [0.2, 0.25) is 0 Å². The Bertz CT molecular complexity index is 2060. The molecular weight excluding hydrogens is 486 g/mol. The summed E-state index contributed by atoms with van der Waals surface area (Å²) in [7, 11) is 0. The van der Waals surface area contributed by atoms with E-state index in [4.69, 9.17) is 4.42 Å². The average Bonchev–Trinajstić information content (AvgIpc) is 3.47. The van der Waals surface area contributed by atoms with E-state index in [0.29, 0.717) is 0 Å². The minimum Gasteiger partial charge on any atom is -0.456 e. The summed E-state index contributed by atoms with van der Waals surface area (Å²) in [6, 6.07) is 37.5. The van der Waals surface area contributed by atoms with Gasteiger partial charge in [-0.15, -0.1) is 0 Å². The third-order valence-electron chi connectivity index (χ3n) is 8.24. The number of hydrogen-bond acceptors (Lipinski definition) is 1. The molecule has 0 spiro atoms. The van der Waals surface area contributed by atoms with Crippen LogP contribution in [0.25, 0.3) is 60.6 Å². The second kappa shape index (κ2) is 8.60. The first kappa shape index (κ1) is 24.7. The fraction of sp³-hybridized carbons (Fsp3) is 0.211. The fourth-order valence-electron chi connectivity index (χ4n) is 6.29. The van der Waals surface area contributed by atoms with E-state index >= 15 is 0 Å². The van der Waals surface area contributed by atoms with Gasteiger partial charge in [-0.2, -0.15) is 0 Å². The lowest BCUT2D eigenvalue weighted by Crippen LogP contribution is -2.13. The highest BCUT2D eigenvalue weighted by atomic mass is 16.3. The quantitative estimate of drug-likeness (QED) is 0.221. The van der Waals surface area contributed by atoms with Crippen molar-refractivity contribution in [3.05, 3.63) is 114 Å². The molecule has 2 heteroatoms. The predicted octanol–water partition coefficient (Wildman–Crippen LogP) is 10.9. The first-order valence-electron chi connectivity index (χ1n) is 14.2. The van der Waals surface area contributed by atoms with Gasteiger partial charge in [-0.25, -0.2) is 0 Å². The molecule has 7 aromatic rings. The monoisotopic (exact) mass is 521 g/mol. The molecular formula is C38H35NO. The van der Waals surface area contributed by atoms with Gasteiger partial charge in [0.15, 0.2) is 0 Å². The summed E-state index contributed by atoms with van der Waals surface area (Å²) in [5.74, 6) is 0. The van der Waals surface area contributed by atoms with Crippen molar-refractivity contribution < 1.29 is 4.42 Å². The molecule has 0 aliphatic heterocycles. The number of hydrogen-bond donors (Lipinski definition) is 0. The second-order valence-electron chi connectivity index (χ2n) is 13.1. The average molecular weight is 522 g/mol. The molecule has 0 aliphatic carbocycles. The van der Waals surface area contributed by atoms with Gasteiger partial charge in [0.1, 0.15) is 11.2 Å². The van der Waals surface area contributed by atoms with Gasteiger partial charge >= 0.3 is 0 Å². The van der Waals surface area contributed by atoms with E-state index in [9.17, 15) is 0 Å². The number of furan rings is 1. The molecule has 198 valence electrons. The van der Waals surface area contributed by atoms with Crippen molar-refractivity contribution in [2.75, 3.05) is 0 Å². The first-order chi connectivity index (χ1) is 19.1. The summed E-state index contributed by atoms with van der Waals surface area (Å²) in [6.45, 7) is 13.7. The largest absolute Gasteiger partial charge is 0.456 e. The molecule has 5 aromatic carbocycles. The summed E-state index contributed by atoms with van der Waals surface area (Å²) < 4.78 is 9.09. The number of para-hydroxylation sites is 1. The summed E-state index contributed by atoms with van der Waals surface area (Å²) in [5.41, 5.74) is 10.5. The molecule has 7 rings (SSSR count). The number of nitrogens with zero attached hydrogens (tertiary/aromatic N) is 1. The normalized spacial score (nSPS) is 12.8. The number of fused-ring (bicyclic) bond motifs is 6. The van der Waals surface area contributed by atoms with Crippen molar-refractivity contribution in [2.24, 2.45) is 0 Å². The maximum absolute atomic E-state index is 6.65. The maximum atomic E-state index is 6.65. The number of rotatable bonds is 2. The molecule has 40 heavy (non-hydrogen) atoms. The fourth-order valence-corrected chi connectivity index (χ4v) is 6.29. The Kier molecular flexibility index (Phi) is 5.31. The van der Waals surface area contributed by atoms with E-state index in [0.717, 1.165) is 11.2 Å². The highest BCUT2D eigenvalue weighted by Gasteiger charge is 2.26. The second-order valence-corrected chi connectivity index (χ2v) is 13.1. The zero-order valence-corrected chi connectivity index (χ0v) is 24.2. The predicted molar refractivity (Wildman–Crippen MR) is 171 cm³/mol. The Labute approximate surface area is 235 Å². The van der Waals surface area contributed by atoms with Crippen molar-refractivity contribution in [2.45, 2.75) is 52.4 Å². The van der Waals surface area contributed by atoms with Crippen molar-refractivity contribution in [3.63, 3.8) is 0 Å². The maximum Gasteiger partial charge on any atom is 0.139 e. The van der Waals surface area contributed by atoms with Crippen molar-refractivity contribution in [3.8, 4) is 16.8 Å².